The minimum absolute atomic E-state index is 0.0618. The molecule has 0 aromatic heterocycles. The molecule has 86 valence electrons. The number of carbonyl (C=O) groups is 2. The quantitative estimate of drug-likeness (QED) is 0.521. The molecule has 15 heavy (non-hydrogen) atoms. The van der Waals surface area contributed by atoms with Crippen molar-refractivity contribution >= 4 is 17.8 Å². The number of carbonyl (C=O) groups excluding carboxylic acids is 2. The van der Waals surface area contributed by atoms with Gasteiger partial charge in [-0.3, -0.25) is 0 Å². The van der Waals surface area contributed by atoms with Crippen LogP contribution in [-0.2, 0) is 14.3 Å². The summed E-state index contributed by atoms with van der Waals surface area (Å²) >= 11 is 0. The highest BCUT2D eigenvalue weighted by atomic mass is 16.6. The van der Waals surface area contributed by atoms with Crippen LogP contribution in [0.2, 0.25) is 0 Å². The number of hydrogen-bond acceptors (Lipinski definition) is 4. The third-order valence-electron chi connectivity index (χ3n) is 1.38. The van der Waals surface area contributed by atoms with Crippen molar-refractivity contribution in [3.8, 4) is 0 Å². The Balaban J connectivity index is 4.57. The van der Waals surface area contributed by atoms with Crippen molar-refractivity contribution in [1.29, 1.82) is 0 Å². The molecular weight excluding hydrogens is 198 g/mol. The van der Waals surface area contributed by atoms with Gasteiger partial charge in [0.2, 0.25) is 0 Å². The highest BCUT2D eigenvalue weighted by molar-refractivity contribution is 6.37. The average molecular weight is 215 g/mol. The van der Waals surface area contributed by atoms with Gasteiger partial charge in [-0.05, 0) is 27.2 Å². The number of ether oxygens (including phenoxy) is 2. The zero-order valence-corrected chi connectivity index (χ0v) is 9.79. The Morgan fingerprint density at radius 1 is 1.27 bits per heavy atom. The van der Waals surface area contributed by atoms with Gasteiger partial charge in [0, 0.05) is 0 Å². The van der Waals surface area contributed by atoms with Gasteiger partial charge in [-0.1, -0.05) is 6.92 Å². The first-order chi connectivity index (χ1) is 6.80. The summed E-state index contributed by atoms with van der Waals surface area (Å²) < 4.78 is 9.39. The number of hydrogen-bond donors (Lipinski definition) is 0. The van der Waals surface area contributed by atoms with Crippen molar-refractivity contribution in [3.05, 3.63) is 0 Å². The molecule has 0 saturated carbocycles. The minimum Gasteiger partial charge on any atom is -0.465 e. The van der Waals surface area contributed by atoms with Gasteiger partial charge in [-0.2, -0.15) is 4.99 Å². The zero-order chi connectivity index (χ0) is 12.1. The predicted molar refractivity (Wildman–Crippen MR) is 56.0 cm³/mol. The second-order valence-corrected chi connectivity index (χ2v) is 3.88. The molecule has 0 radical (unpaired) electrons. The van der Waals surface area contributed by atoms with E-state index in [9.17, 15) is 9.59 Å². The van der Waals surface area contributed by atoms with Crippen LogP contribution in [0, 0.1) is 0 Å². The van der Waals surface area contributed by atoms with E-state index in [1.165, 1.54) is 7.11 Å². The van der Waals surface area contributed by atoms with E-state index >= 15 is 0 Å². The minimum atomic E-state index is -0.773. The fourth-order valence-electron chi connectivity index (χ4n) is 0.782. The van der Waals surface area contributed by atoms with Gasteiger partial charge in [0.1, 0.15) is 11.3 Å². The van der Waals surface area contributed by atoms with E-state index in [1.54, 1.807) is 27.7 Å². The highest BCUT2D eigenvalue weighted by Gasteiger charge is 2.18. The Labute approximate surface area is 89.5 Å². The molecule has 0 saturated heterocycles. The van der Waals surface area contributed by atoms with Crippen molar-refractivity contribution < 1.29 is 19.1 Å². The first-order valence-electron chi connectivity index (χ1n) is 4.69. The predicted octanol–water partition coefficient (Wildman–Crippen LogP) is 1.95. The molecule has 0 aliphatic rings. The Kier molecular flexibility index (Phi) is 4.97. The van der Waals surface area contributed by atoms with E-state index in [0.29, 0.717) is 6.42 Å². The largest absolute Gasteiger partial charge is 0.465 e. The van der Waals surface area contributed by atoms with Crippen molar-refractivity contribution in [1.82, 2.24) is 0 Å². The Bertz CT molecular complexity index is 276. The summed E-state index contributed by atoms with van der Waals surface area (Å²) in [6, 6.07) is 0. The van der Waals surface area contributed by atoms with Gasteiger partial charge in [0.15, 0.2) is 0 Å². The maximum absolute atomic E-state index is 11.2. The molecule has 1 amide bonds. The third-order valence-corrected chi connectivity index (χ3v) is 1.38. The van der Waals surface area contributed by atoms with Crippen LogP contribution >= 0.6 is 0 Å². The van der Waals surface area contributed by atoms with E-state index in [4.69, 9.17) is 4.74 Å². The van der Waals surface area contributed by atoms with E-state index < -0.39 is 17.7 Å². The summed E-state index contributed by atoms with van der Waals surface area (Å²) in [5, 5.41) is 0. The van der Waals surface area contributed by atoms with Gasteiger partial charge < -0.3 is 9.47 Å². The molecule has 0 spiro atoms. The van der Waals surface area contributed by atoms with Crippen LogP contribution < -0.4 is 0 Å². The van der Waals surface area contributed by atoms with Crippen LogP contribution in [0.3, 0.4) is 0 Å². The lowest BCUT2D eigenvalue weighted by atomic mass is 10.2. The summed E-state index contributed by atoms with van der Waals surface area (Å²) in [4.78, 5) is 25.8. The molecular formula is C10H17NO4. The van der Waals surface area contributed by atoms with E-state index in [0.717, 1.165) is 0 Å². The second kappa shape index (κ2) is 5.48. The number of amides is 1. The van der Waals surface area contributed by atoms with Crippen LogP contribution in [0.1, 0.15) is 34.1 Å². The van der Waals surface area contributed by atoms with E-state index in [-0.39, 0.29) is 5.71 Å². The summed E-state index contributed by atoms with van der Waals surface area (Å²) in [5.41, 5.74) is -0.554. The lowest BCUT2D eigenvalue weighted by molar-refractivity contribution is -0.132. The fraction of sp³-hybridized carbons (Fsp3) is 0.700. The molecule has 0 N–H and O–H groups in total. The van der Waals surface area contributed by atoms with Gasteiger partial charge in [-0.25, -0.2) is 9.59 Å². The number of methoxy groups -OCH3 is 1. The summed E-state index contributed by atoms with van der Waals surface area (Å²) in [5.74, 6) is -0.608. The van der Waals surface area contributed by atoms with Crippen LogP contribution in [-0.4, -0.2) is 30.5 Å². The number of aliphatic imine (C=N–C) groups is 1. The standard InChI is InChI=1S/C10H17NO4/c1-6-7(8(12)14-5)11-9(13)15-10(2,3)4/h6H2,1-5H3. The topological polar surface area (TPSA) is 65.0 Å². The molecule has 0 atom stereocenters. The number of rotatable bonds is 2. The van der Waals surface area contributed by atoms with Crippen LogP contribution in [0.4, 0.5) is 4.79 Å². The van der Waals surface area contributed by atoms with Crippen molar-refractivity contribution in [2.45, 2.75) is 39.7 Å². The molecule has 5 nitrogen and oxygen atoms in total. The lowest BCUT2D eigenvalue weighted by Gasteiger charge is -2.17. The number of nitrogens with zero attached hydrogens (tertiary/aromatic N) is 1. The second-order valence-electron chi connectivity index (χ2n) is 3.88. The molecule has 0 fully saturated rings. The molecule has 0 rings (SSSR count). The number of esters is 1. The summed E-state index contributed by atoms with van der Waals surface area (Å²) in [6.45, 7) is 6.89. The first-order valence-corrected chi connectivity index (χ1v) is 4.69. The summed E-state index contributed by atoms with van der Waals surface area (Å²) in [6.07, 6.45) is -0.448. The van der Waals surface area contributed by atoms with Gasteiger partial charge in [0.05, 0.1) is 7.11 Å². The molecule has 0 aromatic carbocycles. The lowest BCUT2D eigenvalue weighted by Crippen LogP contribution is -2.24. The monoisotopic (exact) mass is 215 g/mol. The SMILES string of the molecule is CCC(=NC(=O)OC(C)(C)C)C(=O)OC. The molecule has 0 aliphatic heterocycles. The van der Waals surface area contributed by atoms with E-state index in [1.807, 2.05) is 0 Å². The van der Waals surface area contributed by atoms with Gasteiger partial charge >= 0.3 is 12.1 Å². The Morgan fingerprint density at radius 3 is 2.13 bits per heavy atom. The van der Waals surface area contributed by atoms with Crippen molar-refractivity contribution in [2.75, 3.05) is 7.11 Å². The molecule has 0 bridgehead atoms. The van der Waals surface area contributed by atoms with Crippen LogP contribution in [0.15, 0.2) is 4.99 Å². The fourth-order valence-corrected chi connectivity index (χ4v) is 0.782. The molecule has 0 unspecified atom stereocenters. The Hall–Kier alpha value is -1.39. The summed E-state index contributed by atoms with van der Waals surface area (Å²) in [7, 11) is 1.24. The van der Waals surface area contributed by atoms with Gasteiger partial charge in [0.25, 0.3) is 0 Å². The Morgan fingerprint density at radius 2 is 1.80 bits per heavy atom. The molecule has 0 aliphatic carbocycles. The normalized spacial score (nSPS) is 12.2. The van der Waals surface area contributed by atoms with Crippen LogP contribution in [0.25, 0.3) is 0 Å². The first kappa shape index (κ1) is 13.6. The molecule has 0 heterocycles. The van der Waals surface area contributed by atoms with Crippen molar-refractivity contribution in [3.63, 3.8) is 0 Å². The van der Waals surface area contributed by atoms with Crippen LogP contribution in [0.5, 0.6) is 0 Å². The van der Waals surface area contributed by atoms with E-state index in [2.05, 4.69) is 9.73 Å². The maximum Gasteiger partial charge on any atom is 0.434 e. The molecule has 0 aromatic rings. The highest BCUT2D eigenvalue weighted by Crippen LogP contribution is 2.08. The van der Waals surface area contributed by atoms with Gasteiger partial charge in [-0.15, -0.1) is 0 Å². The van der Waals surface area contributed by atoms with Crippen molar-refractivity contribution in [2.24, 2.45) is 4.99 Å². The smallest absolute Gasteiger partial charge is 0.434 e. The third kappa shape index (κ3) is 5.83. The zero-order valence-electron chi connectivity index (χ0n) is 9.79. The maximum atomic E-state index is 11.2. The molecule has 5 heteroatoms. The average Bonchev–Trinajstić information content (AvgIpc) is 2.10.